The minimum Gasteiger partial charge on any atom is -0.324 e. The molecule has 19 heavy (non-hydrogen) atoms. The lowest BCUT2D eigenvalue weighted by atomic mass is 10.3. The number of anilines is 1. The Kier molecular flexibility index (Phi) is 4.82. The van der Waals surface area contributed by atoms with Crippen LogP contribution in [0.1, 0.15) is 5.56 Å². The van der Waals surface area contributed by atoms with Gasteiger partial charge in [0, 0.05) is 4.90 Å². The van der Waals surface area contributed by atoms with Gasteiger partial charge in [0.2, 0.25) is 5.91 Å². The van der Waals surface area contributed by atoms with Gasteiger partial charge >= 0.3 is 0 Å². The zero-order chi connectivity index (χ0) is 13.7. The number of rotatable bonds is 4. The van der Waals surface area contributed by atoms with Crippen LogP contribution in [-0.4, -0.2) is 16.6 Å². The number of carbonyl (C=O) groups excluding carboxylic acids is 1. The molecule has 0 saturated heterocycles. The molecule has 1 amide bonds. The third-order valence-electron chi connectivity index (χ3n) is 2.41. The Bertz CT molecular complexity index is 575. The molecule has 0 aliphatic heterocycles. The number of benzene rings is 1. The predicted octanol–water partition coefficient (Wildman–Crippen LogP) is 3.77. The van der Waals surface area contributed by atoms with Crippen molar-refractivity contribution < 1.29 is 4.79 Å². The maximum atomic E-state index is 11.8. The van der Waals surface area contributed by atoms with Crippen molar-refractivity contribution in [2.75, 3.05) is 11.1 Å². The lowest BCUT2D eigenvalue weighted by molar-refractivity contribution is -0.113. The second-order valence-electron chi connectivity index (χ2n) is 3.98. The van der Waals surface area contributed by atoms with Crippen molar-refractivity contribution in [3.8, 4) is 0 Å². The third kappa shape index (κ3) is 4.26. The molecular weight excluding hydrogens is 280 g/mol. The van der Waals surface area contributed by atoms with E-state index in [1.807, 2.05) is 37.3 Å². The van der Waals surface area contributed by atoms with E-state index in [9.17, 15) is 4.79 Å². The van der Waals surface area contributed by atoms with Crippen LogP contribution >= 0.6 is 23.4 Å². The van der Waals surface area contributed by atoms with Crippen molar-refractivity contribution in [3.05, 3.63) is 53.3 Å². The first kappa shape index (κ1) is 13.9. The number of thioether (sulfide) groups is 1. The minimum absolute atomic E-state index is 0.0580. The van der Waals surface area contributed by atoms with E-state index < -0.39 is 0 Å². The highest BCUT2D eigenvalue weighted by molar-refractivity contribution is 8.00. The zero-order valence-electron chi connectivity index (χ0n) is 10.4. The molecule has 0 radical (unpaired) electrons. The second kappa shape index (κ2) is 6.59. The highest BCUT2D eigenvalue weighted by Crippen LogP contribution is 2.19. The number of aromatic nitrogens is 1. The van der Waals surface area contributed by atoms with E-state index in [0.29, 0.717) is 16.6 Å². The van der Waals surface area contributed by atoms with E-state index in [1.165, 1.54) is 11.8 Å². The summed E-state index contributed by atoms with van der Waals surface area (Å²) in [6.07, 6.45) is 1.56. The van der Waals surface area contributed by atoms with Crippen LogP contribution < -0.4 is 5.32 Å². The molecular formula is C14H13ClN2OS. The Hall–Kier alpha value is -1.52. The van der Waals surface area contributed by atoms with Gasteiger partial charge in [-0.1, -0.05) is 29.8 Å². The first-order valence-electron chi connectivity index (χ1n) is 5.75. The summed E-state index contributed by atoms with van der Waals surface area (Å²) in [7, 11) is 0. The zero-order valence-corrected chi connectivity index (χ0v) is 12.0. The highest BCUT2D eigenvalue weighted by Gasteiger charge is 2.05. The Morgan fingerprint density at radius 1 is 1.37 bits per heavy atom. The van der Waals surface area contributed by atoms with Crippen LogP contribution in [0.15, 0.2) is 47.5 Å². The number of nitrogens with zero attached hydrogens (tertiary/aromatic N) is 1. The summed E-state index contributed by atoms with van der Waals surface area (Å²) in [6.45, 7) is 1.85. The number of nitrogens with one attached hydrogen (secondary N) is 1. The van der Waals surface area contributed by atoms with E-state index >= 15 is 0 Å². The fourth-order valence-corrected chi connectivity index (χ4v) is 2.31. The van der Waals surface area contributed by atoms with Crippen LogP contribution in [0.4, 0.5) is 5.69 Å². The van der Waals surface area contributed by atoms with Gasteiger partial charge in [-0.3, -0.25) is 4.79 Å². The third-order valence-corrected chi connectivity index (χ3v) is 3.82. The van der Waals surface area contributed by atoms with Crippen molar-refractivity contribution in [1.29, 1.82) is 0 Å². The standard InChI is InChI=1S/C14H13ClN2OS/c1-10-7-11(8-16-14(10)15)17-13(18)9-19-12-5-3-2-4-6-12/h2-8H,9H2,1H3,(H,17,18). The first-order chi connectivity index (χ1) is 9.15. The van der Waals surface area contributed by atoms with Crippen LogP contribution in [0.5, 0.6) is 0 Å². The van der Waals surface area contributed by atoms with Crippen LogP contribution in [0.2, 0.25) is 5.15 Å². The summed E-state index contributed by atoms with van der Waals surface area (Å²) in [5.41, 5.74) is 1.51. The molecule has 0 fully saturated rings. The normalized spacial score (nSPS) is 10.2. The number of amides is 1. The molecule has 0 aliphatic carbocycles. The molecule has 1 aromatic carbocycles. The molecule has 0 atom stereocenters. The molecule has 1 aromatic heterocycles. The molecule has 2 aromatic rings. The molecule has 2 rings (SSSR count). The Morgan fingerprint density at radius 2 is 2.11 bits per heavy atom. The van der Waals surface area contributed by atoms with Gasteiger partial charge in [0.05, 0.1) is 17.6 Å². The van der Waals surface area contributed by atoms with E-state index in [1.54, 1.807) is 12.3 Å². The van der Waals surface area contributed by atoms with Crippen molar-refractivity contribution in [1.82, 2.24) is 4.98 Å². The van der Waals surface area contributed by atoms with Crippen LogP contribution in [0.25, 0.3) is 0 Å². The van der Waals surface area contributed by atoms with Gasteiger partial charge in [-0.25, -0.2) is 4.98 Å². The minimum atomic E-state index is -0.0580. The fraction of sp³-hybridized carbons (Fsp3) is 0.143. The lowest BCUT2D eigenvalue weighted by Gasteiger charge is -2.06. The maximum Gasteiger partial charge on any atom is 0.234 e. The van der Waals surface area contributed by atoms with E-state index in [4.69, 9.17) is 11.6 Å². The SMILES string of the molecule is Cc1cc(NC(=O)CSc2ccccc2)cnc1Cl. The summed E-state index contributed by atoms with van der Waals surface area (Å²) < 4.78 is 0. The van der Waals surface area contributed by atoms with Gasteiger partial charge in [0.25, 0.3) is 0 Å². The second-order valence-corrected chi connectivity index (χ2v) is 5.39. The predicted molar refractivity (Wildman–Crippen MR) is 79.8 cm³/mol. The molecule has 98 valence electrons. The van der Waals surface area contributed by atoms with Crippen molar-refractivity contribution in [2.24, 2.45) is 0 Å². The van der Waals surface area contributed by atoms with Crippen molar-refractivity contribution >= 4 is 35.0 Å². The Labute approximate surface area is 121 Å². The van der Waals surface area contributed by atoms with E-state index in [0.717, 1.165) is 10.5 Å². The molecule has 0 aliphatic rings. The highest BCUT2D eigenvalue weighted by atomic mass is 35.5. The van der Waals surface area contributed by atoms with E-state index in [2.05, 4.69) is 10.3 Å². The summed E-state index contributed by atoms with van der Waals surface area (Å²) in [4.78, 5) is 16.9. The lowest BCUT2D eigenvalue weighted by Crippen LogP contribution is -2.14. The van der Waals surface area contributed by atoms with Crippen LogP contribution in [0, 0.1) is 6.92 Å². The topological polar surface area (TPSA) is 42.0 Å². The molecule has 3 nitrogen and oxygen atoms in total. The Balaban J connectivity index is 1.89. The number of halogens is 1. The van der Waals surface area contributed by atoms with Gasteiger partial charge in [-0.15, -0.1) is 11.8 Å². The van der Waals surface area contributed by atoms with Gasteiger partial charge < -0.3 is 5.32 Å². The molecule has 0 saturated carbocycles. The van der Waals surface area contributed by atoms with E-state index in [-0.39, 0.29) is 5.91 Å². The molecule has 0 spiro atoms. The van der Waals surface area contributed by atoms with Gasteiger partial charge in [0.1, 0.15) is 5.15 Å². The molecule has 0 unspecified atom stereocenters. The van der Waals surface area contributed by atoms with Gasteiger partial charge in [0.15, 0.2) is 0 Å². The van der Waals surface area contributed by atoms with Crippen molar-refractivity contribution in [2.45, 2.75) is 11.8 Å². The fourth-order valence-electron chi connectivity index (χ4n) is 1.49. The van der Waals surface area contributed by atoms with Crippen molar-refractivity contribution in [3.63, 3.8) is 0 Å². The van der Waals surface area contributed by atoms with Gasteiger partial charge in [-0.05, 0) is 30.7 Å². The number of hydrogen-bond donors (Lipinski definition) is 1. The summed E-state index contributed by atoms with van der Waals surface area (Å²) in [5.74, 6) is 0.309. The number of pyridine rings is 1. The maximum absolute atomic E-state index is 11.8. The summed E-state index contributed by atoms with van der Waals surface area (Å²) >= 11 is 7.33. The quantitative estimate of drug-likeness (QED) is 0.689. The largest absolute Gasteiger partial charge is 0.324 e. The molecule has 1 heterocycles. The number of aryl methyl sites for hydroxylation is 1. The molecule has 5 heteroatoms. The number of hydrogen-bond acceptors (Lipinski definition) is 3. The molecule has 1 N–H and O–H groups in total. The van der Waals surface area contributed by atoms with Gasteiger partial charge in [-0.2, -0.15) is 0 Å². The molecule has 0 bridgehead atoms. The summed E-state index contributed by atoms with van der Waals surface area (Å²) in [6, 6.07) is 11.6. The Morgan fingerprint density at radius 3 is 2.79 bits per heavy atom. The van der Waals surface area contributed by atoms with Crippen LogP contribution in [-0.2, 0) is 4.79 Å². The average molecular weight is 293 g/mol. The summed E-state index contributed by atoms with van der Waals surface area (Å²) in [5, 5.41) is 3.25. The average Bonchev–Trinajstić information content (AvgIpc) is 2.42. The first-order valence-corrected chi connectivity index (χ1v) is 7.11. The monoisotopic (exact) mass is 292 g/mol. The number of carbonyl (C=O) groups is 1. The smallest absolute Gasteiger partial charge is 0.234 e. The van der Waals surface area contributed by atoms with Crippen LogP contribution in [0.3, 0.4) is 0 Å².